The number of ether oxygens (including phenoxy) is 7. The summed E-state index contributed by atoms with van der Waals surface area (Å²) < 4.78 is 39.8. The van der Waals surface area contributed by atoms with Gasteiger partial charge in [0, 0.05) is 26.1 Å². The fourth-order valence-electron chi connectivity index (χ4n) is 3.42. The average Bonchev–Trinajstić information content (AvgIpc) is 3.19. The van der Waals surface area contributed by atoms with E-state index in [2.05, 4.69) is 0 Å². The Labute approximate surface area is 196 Å². The molecule has 0 amide bonds. The lowest BCUT2D eigenvalue weighted by Gasteiger charge is -2.38. The maximum absolute atomic E-state index is 10.7. The molecular weight excluding hydrogens is 436 g/mol. The monoisotopic (exact) mass is 476 g/mol. The van der Waals surface area contributed by atoms with Crippen LogP contribution in [0.2, 0.25) is 0 Å². The van der Waals surface area contributed by atoms with Crippen LogP contribution in [0.3, 0.4) is 0 Å². The molecule has 1 saturated carbocycles. The van der Waals surface area contributed by atoms with Crippen molar-refractivity contribution in [3.63, 3.8) is 0 Å². The Morgan fingerprint density at radius 3 is 1.84 bits per heavy atom. The van der Waals surface area contributed by atoms with Crippen LogP contribution in [0.1, 0.15) is 32.3 Å². The number of rotatable bonds is 18. The summed E-state index contributed by atoms with van der Waals surface area (Å²) in [5, 5.41) is 13.5. The fraction of sp³-hybridized carbons (Fsp3) is 0.826. The second-order valence-corrected chi connectivity index (χ2v) is 8.45. The van der Waals surface area contributed by atoms with Gasteiger partial charge in [-0.2, -0.15) is 0 Å². The number of hydrogen-bond donors (Lipinski definition) is 1. The predicted molar refractivity (Wildman–Crippen MR) is 123 cm³/mol. The van der Waals surface area contributed by atoms with Crippen LogP contribution in [0.4, 0.5) is 0 Å². The van der Waals surface area contributed by atoms with Crippen molar-refractivity contribution in [3.8, 4) is 5.06 Å². The highest BCUT2D eigenvalue weighted by Gasteiger charge is 2.39. The van der Waals surface area contributed by atoms with Crippen LogP contribution >= 0.6 is 11.3 Å². The molecule has 2 rings (SSSR count). The molecule has 1 heterocycles. The summed E-state index contributed by atoms with van der Waals surface area (Å²) in [6, 6.07) is 1.99. The molecule has 32 heavy (non-hydrogen) atoms. The molecule has 4 unspecified atom stereocenters. The van der Waals surface area contributed by atoms with E-state index in [0.717, 1.165) is 10.6 Å². The van der Waals surface area contributed by atoms with E-state index < -0.39 is 6.10 Å². The van der Waals surface area contributed by atoms with Crippen LogP contribution in [-0.2, 0) is 28.4 Å². The van der Waals surface area contributed by atoms with Gasteiger partial charge < -0.3 is 38.3 Å². The number of aliphatic hydroxyl groups is 1. The number of hydrogen-bond acceptors (Lipinski definition) is 9. The summed E-state index contributed by atoms with van der Waals surface area (Å²) >= 11 is 1.54. The van der Waals surface area contributed by atoms with Gasteiger partial charge in [-0.15, -0.1) is 11.3 Å². The van der Waals surface area contributed by atoms with Crippen LogP contribution in [-0.4, -0.2) is 95.6 Å². The SMILES string of the molecule is CCOCCOCCOC1CC(O)C(Oc2cc(C)cs2)CC1OCCOCCOCC. The fourth-order valence-corrected chi connectivity index (χ4v) is 4.22. The first-order valence-corrected chi connectivity index (χ1v) is 12.5. The summed E-state index contributed by atoms with van der Waals surface area (Å²) in [7, 11) is 0. The molecule has 1 N–H and O–H groups in total. The van der Waals surface area contributed by atoms with Crippen molar-refractivity contribution in [1.29, 1.82) is 0 Å². The lowest BCUT2D eigenvalue weighted by molar-refractivity contribution is -0.153. The van der Waals surface area contributed by atoms with Gasteiger partial charge in [-0.25, -0.2) is 0 Å². The third kappa shape index (κ3) is 10.9. The van der Waals surface area contributed by atoms with Crippen molar-refractivity contribution >= 4 is 11.3 Å². The van der Waals surface area contributed by atoms with Gasteiger partial charge in [-0.3, -0.25) is 0 Å². The molecule has 0 aromatic carbocycles. The quantitative estimate of drug-likeness (QED) is 0.324. The van der Waals surface area contributed by atoms with Crippen molar-refractivity contribution in [3.05, 3.63) is 17.0 Å². The first kappa shape index (κ1) is 27.5. The van der Waals surface area contributed by atoms with Gasteiger partial charge in [0.15, 0.2) is 5.06 Å². The van der Waals surface area contributed by atoms with E-state index in [-0.39, 0.29) is 18.3 Å². The maximum atomic E-state index is 10.7. The average molecular weight is 477 g/mol. The maximum Gasteiger partial charge on any atom is 0.174 e. The molecular formula is C23H40O8S. The van der Waals surface area contributed by atoms with Gasteiger partial charge in [-0.05, 0) is 37.8 Å². The van der Waals surface area contributed by atoms with Crippen molar-refractivity contribution in [2.45, 2.75) is 58.0 Å². The van der Waals surface area contributed by atoms with Gasteiger partial charge in [0.25, 0.3) is 0 Å². The molecule has 0 radical (unpaired) electrons. The summed E-state index contributed by atoms with van der Waals surface area (Å²) in [5.41, 5.74) is 1.15. The van der Waals surface area contributed by atoms with Crippen LogP contribution in [0.5, 0.6) is 5.06 Å². The van der Waals surface area contributed by atoms with Gasteiger partial charge >= 0.3 is 0 Å². The molecule has 1 aromatic rings. The lowest BCUT2D eigenvalue weighted by atomic mass is 9.89. The molecule has 8 nitrogen and oxygen atoms in total. The summed E-state index contributed by atoms with van der Waals surface area (Å²) in [6.07, 6.45) is -0.378. The summed E-state index contributed by atoms with van der Waals surface area (Å²) in [5.74, 6) is 0. The Hall–Kier alpha value is -0.780. The van der Waals surface area contributed by atoms with Crippen LogP contribution in [0.25, 0.3) is 0 Å². The molecule has 0 bridgehead atoms. The van der Waals surface area contributed by atoms with Crippen LogP contribution in [0, 0.1) is 6.92 Å². The Morgan fingerprint density at radius 2 is 1.31 bits per heavy atom. The zero-order valence-electron chi connectivity index (χ0n) is 19.7. The summed E-state index contributed by atoms with van der Waals surface area (Å²) in [6.45, 7) is 11.4. The molecule has 9 heteroatoms. The van der Waals surface area contributed by atoms with Crippen LogP contribution < -0.4 is 4.74 Å². The van der Waals surface area contributed by atoms with E-state index in [9.17, 15) is 5.11 Å². The van der Waals surface area contributed by atoms with E-state index in [4.69, 9.17) is 33.2 Å². The Kier molecular flexibility index (Phi) is 14.4. The second-order valence-electron chi connectivity index (χ2n) is 7.58. The molecule has 1 aliphatic rings. The normalized spacial score (nSPS) is 23.5. The molecule has 0 saturated heterocycles. The van der Waals surface area contributed by atoms with Gasteiger partial charge in [0.2, 0.25) is 0 Å². The molecule has 1 fully saturated rings. The number of thiophene rings is 1. The molecule has 186 valence electrons. The minimum absolute atomic E-state index is 0.191. The van der Waals surface area contributed by atoms with E-state index in [0.29, 0.717) is 78.9 Å². The Balaban J connectivity index is 1.79. The number of aryl methyl sites for hydroxylation is 1. The van der Waals surface area contributed by atoms with E-state index in [1.165, 1.54) is 11.3 Å². The van der Waals surface area contributed by atoms with Crippen molar-refractivity contribution in [2.75, 3.05) is 66.1 Å². The van der Waals surface area contributed by atoms with Crippen LogP contribution in [0.15, 0.2) is 11.4 Å². The smallest absolute Gasteiger partial charge is 0.174 e. The molecule has 0 spiro atoms. The zero-order chi connectivity index (χ0) is 23.0. The minimum atomic E-state index is -0.622. The molecule has 4 atom stereocenters. The van der Waals surface area contributed by atoms with Gasteiger partial charge in [0.1, 0.15) is 6.10 Å². The minimum Gasteiger partial charge on any atom is -0.478 e. The van der Waals surface area contributed by atoms with Crippen molar-refractivity contribution in [1.82, 2.24) is 0 Å². The molecule has 0 aliphatic heterocycles. The number of aliphatic hydroxyl groups excluding tert-OH is 1. The highest BCUT2D eigenvalue weighted by molar-refractivity contribution is 7.12. The first-order valence-electron chi connectivity index (χ1n) is 11.6. The lowest BCUT2D eigenvalue weighted by Crippen LogP contribution is -2.49. The second kappa shape index (κ2) is 16.8. The van der Waals surface area contributed by atoms with Gasteiger partial charge in [0.05, 0.1) is 71.2 Å². The largest absolute Gasteiger partial charge is 0.478 e. The molecule has 1 aromatic heterocycles. The Morgan fingerprint density at radius 1 is 0.781 bits per heavy atom. The van der Waals surface area contributed by atoms with Gasteiger partial charge in [-0.1, -0.05) is 0 Å². The standard InChI is InChI=1S/C23H40O8S/c1-4-25-6-8-27-10-12-29-21-15-19(24)20(31-23-14-18(3)17-32-23)16-22(21)30-13-11-28-9-7-26-5-2/h14,17,19-22,24H,4-13,15-16H2,1-3H3. The predicted octanol–water partition coefficient (Wildman–Crippen LogP) is 2.84. The molecule has 1 aliphatic carbocycles. The highest BCUT2D eigenvalue weighted by atomic mass is 32.1. The first-order chi connectivity index (χ1) is 15.6. The van der Waals surface area contributed by atoms with E-state index >= 15 is 0 Å². The van der Waals surface area contributed by atoms with Crippen molar-refractivity contribution in [2.24, 2.45) is 0 Å². The summed E-state index contributed by atoms with van der Waals surface area (Å²) in [4.78, 5) is 0. The Bertz CT molecular complexity index is 584. The highest BCUT2D eigenvalue weighted by Crippen LogP contribution is 2.31. The zero-order valence-corrected chi connectivity index (χ0v) is 20.5. The van der Waals surface area contributed by atoms with Crippen molar-refractivity contribution < 1.29 is 38.3 Å². The van der Waals surface area contributed by atoms with E-state index in [1.807, 2.05) is 32.2 Å². The third-order valence-electron chi connectivity index (χ3n) is 5.03. The third-order valence-corrected chi connectivity index (χ3v) is 5.96. The van der Waals surface area contributed by atoms with E-state index in [1.54, 1.807) is 0 Å². The topological polar surface area (TPSA) is 84.8 Å².